The van der Waals surface area contributed by atoms with Gasteiger partial charge in [0.25, 0.3) is 0 Å². The Bertz CT molecular complexity index is 418. The van der Waals surface area contributed by atoms with E-state index in [4.69, 9.17) is 14.2 Å². The van der Waals surface area contributed by atoms with E-state index in [9.17, 15) is 0 Å². The van der Waals surface area contributed by atoms with Crippen LogP contribution in [0.25, 0.3) is 0 Å². The molecule has 3 nitrogen and oxygen atoms in total. The fourth-order valence-corrected chi connectivity index (χ4v) is 3.02. The Kier molecular flexibility index (Phi) is 6.10. The van der Waals surface area contributed by atoms with Crippen molar-refractivity contribution in [1.82, 2.24) is 0 Å². The zero-order valence-corrected chi connectivity index (χ0v) is 15.8. The van der Waals surface area contributed by atoms with Crippen LogP contribution in [-0.2, 0) is 14.2 Å². The maximum absolute atomic E-state index is 5.85. The minimum atomic E-state index is 0.0170. The van der Waals surface area contributed by atoms with Crippen LogP contribution in [0, 0.1) is 0 Å². The van der Waals surface area contributed by atoms with Crippen molar-refractivity contribution in [3.05, 3.63) is 23.3 Å². The van der Waals surface area contributed by atoms with Gasteiger partial charge in [-0.15, -0.1) is 0 Å². The van der Waals surface area contributed by atoms with E-state index in [1.165, 1.54) is 11.1 Å². The second-order valence-electron chi connectivity index (χ2n) is 8.02. The summed E-state index contributed by atoms with van der Waals surface area (Å²) in [6, 6.07) is 0. The zero-order chi connectivity index (χ0) is 17.1. The monoisotopic (exact) mass is 322 g/mol. The molecule has 0 radical (unpaired) electrons. The molecular weight excluding hydrogens is 288 g/mol. The molecule has 4 atom stereocenters. The molecule has 0 N–H and O–H groups in total. The molecule has 2 heterocycles. The molecule has 2 aliphatic rings. The van der Waals surface area contributed by atoms with E-state index < -0.39 is 0 Å². The van der Waals surface area contributed by atoms with Crippen molar-refractivity contribution in [3.8, 4) is 0 Å². The molecule has 0 amide bonds. The normalized spacial score (nSPS) is 34.9. The van der Waals surface area contributed by atoms with Gasteiger partial charge in [-0.3, -0.25) is 0 Å². The van der Waals surface area contributed by atoms with E-state index in [0.29, 0.717) is 13.2 Å². The molecule has 2 saturated heterocycles. The Labute approximate surface area is 142 Å². The second-order valence-corrected chi connectivity index (χ2v) is 8.02. The lowest BCUT2D eigenvalue weighted by molar-refractivity contribution is 0.101. The predicted molar refractivity (Wildman–Crippen MR) is 94.7 cm³/mol. The SMILES string of the molecule is CC(C)=CCCC1(C)OC1COCC1OC1(C)CCC=C(C)C. The van der Waals surface area contributed by atoms with Gasteiger partial charge in [-0.05, 0) is 67.2 Å². The smallest absolute Gasteiger partial charge is 0.110 e. The highest BCUT2D eigenvalue weighted by atomic mass is 16.7. The lowest BCUT2D eigenvalue weighted by atomic mass is 10.0. The summed E-state index contributed by atoms with van der Waals surface area (Å²) >= 11 is 0. The molecule has 0 aromatic carbocycles. The van der Waals surface area contributed by atoms with Gasteiger partial charge < -0.3 is 14.2 Å². The summed E-state index contributed by atoms with van der Waals surface area (Å²) in [5.41, 5.74) is 2.78. The summed E-state index contributed by atoms with van der Waals surface area (Å²) in [4.78, 5) is 0. The molecule has 23 heavy (non-hydrogen) atoms. The number of epoxide rings is 2. The Morgan fingerprint density at radius 2 is 1.22 bits per heavy atom. The molecule has 132 valence electrons. The van der Waals surface area contributed by atoms with Gasteiger partial charge in [0, 0.05) is 0 Å². The standard InChI is InChI=1S/C20H34O3/c1-15(2)9-7-11-19(5)17(22-19)13-21-14-18-20(6,23-18)12-8-10-16(3)4/h9-10,17-18H,7-8,11-14H2,1-6H3. The van der Waals surface area contributed by atoms with Gasteiger partial charge in [-0.1, -0.05) is 23.3 Å². The fraction of sp³-hybridized carbons (Fsp3) is 0.800. The molecule has 0 aromatic rings. The third-order valence-corrected chi connectivity index (χ3v) is 5.00. The number of hydrogen-bond donors (Lipinski definition) is 0. The maximum atomic E-state index is 5.85. The van der Waals surface area contributed by atoms with Crippen LogP contribution in [0.2, 0.25) is 0 Å². The molecule has 3 heteroatoms. The van der Waals surface area contributed by atoms with Crippen molar-refractivity contribution >= 4 is 0 Å². The van der Waals surface area contributed by atoms with Crippen LogP contribution in [-0.4, -0.2) is 36.6 Å². The largest absolute Gasteiger partial charge is 0.376 e. The zero-order valence-electron chi connectivity index (χ0n) is 15.8. The van der Waals surface area contributed by atoms with Gasteiger partial charge in [0.15, 0.2) is 0 Å². The van der Waals surface area contributed by atoms with Crippen molar-refractivity contribution in [2.45, 2.75) is 90.6 Å². The molecular formula is C20H34O3. The minimum Gasteiger partial charge on any atom is -0.376 e. The third-order valence-electron chi connectivity index (χ3n) is 5.00. The maximum Gasteiger partial charge on any atom is 0.110 e. The summed E-state index contributed by atoms with van der Waals surface area (Å²) in [6.07, 6.45) is 9.39. The van der Waals surface area contributed by atoms with Crippen molar-refractivity contribution in [2.24, 2.45) is 0 Å². The van der Waals surface area contributed by atoms with Gasteiger partial charge in [0.2, 0.25) is 0 Å². The molecule has 0 aromatic heterocycles. The van der Waals surface area contributed by atoms with Gasteiger partial charge in [-0.25, -0.2) is 0 Å². The molecule has 2 rings (SSSR count). The number of hydrogen-bond acceptors (Lipinski definition) is 3. The highest BCUT2D eigenvalue weighted by Gasteiger charge is 2.53. The number of allylic oxidation sites excluding steroid dienone is 4. The predicted octanol–water partition coefficient (Wildman–Crippen LogP) is 4.81. The van der Waals surface area contributed by atoms with Crippen molar-refractivity contribution in [1.29, 1.82) is 0 Å². The van der Waals surface area contributed by atoms with Crippen LogP contribution in [0.5, 0.6) is 0 Å². The summed E-state index contributed by atoms with van der Waals surface area (Å²) < 4.78 is 17.5. The Morgan fingerprint density at radius 1 is 0.826 bits per heavy atom. The van der Waals surface area contributed by atoms with Crippen LogP contribution >= 0.6 is 0 Å². The lowest BCUT2D eigenvalue weighted by Crippen LogP contribution is -2.18. The molecule has 0 aliphatic carbocycles. The topological polar surface area (TPSA) is 34.3 Å². The van der Waals surface area contributed by atoms with Crippen molar-refractivity contribution in [3.63, 3.8) is 0 Å². The summed E-state index contributed by atoms with van der Waals surface area (Å²) in [5, 5.41) is 0. The van der Waals surface area contributed by atoms with Gasteiger partial charge >= 0.3 is 0 Å². The lowest BCUT2D eigenvalue weighted by Gasteiger charge is -2.06. The Hall–Kier alpha value is -0.640. The highest BCUT2D eigenvalue weighted by Crippen LogP contribution is 2.42. The molecule has 0 saturated carbocycles. The second kappa shape index (κ2) is 7.50. The minimum absolute atomic E-state index is 0.0170. The van der Waals surface area contributed by atoms with Crippen LogP contribution in [0.4, 0.5) is 0 Å². The molecule has 0 bridgehead atoms. The average Bonchev–Trinajstić information content (AvgIpc) is 3.27. The molecule has 2 aliphatic heterocycles. The molecule has 0 spiro atoms. The summed E-state index contributed by atoms with van der Waals surface area (Å²) in [6.45, 7) is 14.3. The molecule has 2 fully saturated rings. The van der Waals surface area contributed by atoms with Crippen LogP contribution < -0.4 is 0 Å². The fourth-order valence-electron chi connectivity index (χ4n) is 3.02. The first-order chi connectivity index (χ1) is 10.8. The van der Waals surface area contributed by atoms with E-state index in [-0.39, 0.29) is 23.4 Å². The Balaban J connectivity index is 1.57. The van der Waals surface area contributed by atoms with Crippen LogP contribution in [0.15, 0.2) is 23.3 Å². The van der Waals surface area contributed by atoms with E-state index >= 15 is 0 Å². The van der Waals surface area contributed by atoms with E-state index in [2.05, 4.69) is 53.7 Å². The van der Waals surface area contributed by atoms with Crippen molar-refractivity contribution in [2.75, 3.05) is 13.2 Å². The number of ether oxygens (including phenoxy) is 3. The first-order valence-electron chi connectivity index (χ1n) is 8.95. The van der Waals surface area contributed by atoms with E-state index in [1.54, 1.807) is 0 Å². The first kappa shape index (κ1) is 18.7. The molecule has 4 unspecified atom stereocenters. The average molecular weight is 322 g/mol. The van der Waals surface area contributed by atoms with Gasteiger partial charge in [-0.2, -0.15) is 0 Å². The van der Waals surface area contributed by atoms with E-state index in [0.717, 1.165) is 25.7 Å². The first-order valence-corrected chi connectivity index (χ1v) is 8.95. The Morgan fingerprint density at radius 3 is 1.57 bits per heavy atom. The van der Waals surface area contributed by atoms with Crippen molar-refractivity contribution < 1.29 is 14.2 Å². The quantitative estimate of drug-likeness (QED) is 0.427. The third kappa shape index (κ3) is 5.74. The highest BCUT2D eigenvalue weighted by molar-refractivity contribution is 5.04. The van der Waals surface area contributed by atoms with E-state index in [1.807, 2.05) is 0 Å². The summed E-state index contributed by atoms with van der Waals surface area (Å²) in [7, 11) is 0. The summed E-state index contributed by atoms with van der Waals surface area (Å²) in [5.74, 6) is 0. The van der Waals surface area contributed by atoms with Gasteiger partial charge in [0.1, 0.15) is 12.2 Å². The van der Waals surface area contributed by atoms with Crippen LogP contribution in [0.1, 0.15) is 67.2 Å². The van der Waals surface area contributed by atoms with Crippen LogP contribution in [0.3, 0.4) is 0 Å². The number of rotatable bonds is 10. The van der Waals surface area contributed by atoms with Gasteiger partial charge in [0.05, 0.1) is 24.4 Å².